The number of aromatic nitrogens is 2. The Morgan fingerprint density at radius 3 is 2.65 bits per heavy atom. The fourth-order valence-corrected chi connectivity index (χ4v) is 3.36. The second-order valence-corrected chi connectivity index (χ2v) is 8.13. The maximum atomic E-state index is 13.1. The minimum atomic E-state index is -0.713. The topological polar surface area (TPSA) is 122 Å². The number of benzene rings is 1. The van der Waals surface area contributed by atoms with Crippen LogP contribution < -0.4 is 27.2 Å². The number of nitrogen functional groups attached to an aromatic ring is 1. The van der Waals surface area contributed by atoms with Crippen molar-refractivity contribution in [2.24, 2.45) is 5.92 Å². The van der Waals surface area contributed by atoms with Crippen molar-refractivity contribution >= 4 is 29.0 Å². The molecule has 2 rings (SSSR count). The van der Waals surface area contributed by atoms with Gasteiger partial charge in [-0.3, -0.25) is 19.1 Å². The average molecular weight is 452 g/mol. The number of hydrogen-bond donors (Lipinski definition) is 3. The summed E-state index contributed by atoms with van der Waals surface area (Å²) in [6.07, 6.45) is 0. The highest BCUT2D eigenvalue weighted by atomic mass is 35.5. The van der Waals surface area contributed by atoms with Crippen molar-refractivity contribution in [3.63, 3.8) is 0 Å². The number of rotatable bonds is 10. The molecule has 1 heterocycles. The Morgan fingerprint density at radius 1 is 1.32 bits per heavy atom. The number of H-pyrrole nitrogens is 1. The number of halogens is 1. The molecule has 4 N–H and O–H groups in total. The smallest absolute Gasteiger partial charge is 0.330 e. The van der Waals surface area contributed by atoms with Gasteiger partial charge in [0, 0.05) is 31.3 Å². The highest BCUT2D eigenvalue weighted by Crippen LogP contribution is 2.19. The van der Waals surface area contributed by atoms with Crippen LogP contribution in [0.15, 0.2) is 33.9 Å². The second-order valence-electron chi connectivity index (χ2n) is 7.69. The third kappa shape index (κ3) is 6.43. The number of hydrogen-bond acceptors (Lipinski definition) is 6. The number of carbonyl (C=O) groups is 1. The average Bonchev–Trinajstić information content (AvgIpc) is 2.71. The number of nitrogens with one attached hydrogen (secondary N) is 2. The molecule has 0 bridgehead atoms. The van der Waals surface area contributed by atoms with Gasteiger partial charge in [-0.05, 0) is 30.5 Å². The molecule has 0 unspecified atom stereocenters. The van der Waals surface area contributed by atoms with E-state index in [1.165, 1.54) is 16.6 Å². The number of nitrogens with two attached hydrogens (primary N) is 1. The zero-order valence-electron chi connectivity index (χ0n) is 18.3. The SMILES string of the molecule is COCCN(C(=O)CN[C@@H](C)c1cccc(Cl)c1)c1c(N)n(CC(C)C)c(=O)[nH]c1=O. The molecule has 1 amide bonds. The zero-order valence-corrected chi connectivity index (χ0v) is 19.0. The van der Waals surface area contributed by atoms with Gasteiger partial charge in [0.25, 0.3) is 5.56 Å². The molecule has 1 aromatic heterocycles. The lowest BCUT2D eigenvalue weighted by atomic mass is 10.1. The van der Waals surface area contributed by atoms with E-state index in [2.05, 4.69) is 10.3 Å². The summed E-state index contributed by atoms with van der Waals surface area (Å²) >= 11 is 6.04. The number of nitrogens with zero attached hydrogens (tertiary/aromatic N) is 2. The van der Waals surface area contributed by atoms with Crippen LogP contribution in [0.2, 0.25) is 5.02 Å². The van der Waals surface area contributed by atoms with E-state index in [-0.39, 0.29) is 49.1 Å². The molecule has 10 heteroatoms. The Labute approximate surface area is 186 Å². The fourth-order valence-electron chi connectivity index (χ4n) is 3.16. The number of ether oxygens (including phenoxy) is 1. The van der Waals surface area contributed by atoms with Gasteiger partial charge in [-0.15, -0.1) is 0 Å². The molecule has 0 saturated carbocycles. The molecule has 0 fully saturated rings. The number of aromatic amines is 1. The van der Waals surface area contributed by atoms with Gasteiger partial charge in [0.2, 0.25) is 5.91 Å². The summed E-state index contributed by atoms with van der Waals surface area (Å²) < 4.78 is 6.37. The van der Waals surface area contributed by atoms with Crippen LogP contribution in [-0.4, -0.2) is 42.3 Å². The summed E-state index contributed by atoms with van der Waals surface area (Å²) in [5.41, 5.74) is 5.73. The van der Waals surface area contributed by atoms with Crippen LogP contribution in [0, 0.1) is 5.92 Å². The Hall–Kier alpha value is -2.62. The van der Waals surface area contributed by atoms with Crippen molar-refractivity contribution in [2.45, 2.75) is 33.4 Å². The third-order valence-corrected chi connectivity index (χ3v) is 5.00. The molecule has 2 aromatic rings. The first-order valence-corrected chi connectivity index (χ1v) is 10.4. The first-order valence-electron chi connectivity index (χ1n) is 10.1. The molecule has 31 heavy (non-hydrogen) atoms. The largest absolute Gasteiger partial charge is 0.383 e. The van der Waals surface area contributed by atoms with Gasteiger partial charge in [-0.25, -0.2) is 4.79 Å². The number of anilines is 2. The maximum absolute atomic E-state index is 13.1. The van der Waals surface area contributed by atoms with Crippen LogP contribution in [0.5, 0.6) is 0 Å². The summed E-state index contributed by atoms with van der Waals surface area (Å²) in [5.74, 6) is -0.310. The molecule has 9 nitrogen and oxygen atoms in total. The summed E-state index contributed by atoms with van der Waals surface area (Å²) in [5, 5.41) is 3.74. The zero-order chi connectivity index (χ0) is 23.1. The first-order chi connectivity index (χ1) is 14.6. The fraction of sp³-hybridized carbons (Fsp3) is 0.476. The van der Waals surface area contributed by atoms with E-state index in [0.29, 0.717) is 11.6 Å². The monoisotopic (exact) mass is 451 g/mol. The number of carbonyl (C=O) groups excluding carboxylic acids is 1. The maximum Gasteiger partial charge on any atom is 0.330 e. The van der Waals surface area contributed by atoms with Crippen LogP contribution in [0.4, 0.5) is 11.5 Å². The molecule has 1 atom stereocenters. The molecule has 0 spiro atoms. The van der Waals surface area contributed by atoms with E-state index in [1.807, 2.05) is 39.0 Å². The summed E-state index contributed by atoms with van der Waals surface area (Å²) in [4.78, 5) is 41.4. The highest BCUT2D eigenvalue weighted by Gasteiger charge is 2.24. The summed E-state index contributed by atoms with van der Waals surface area (Å²) in [7, 11) is 1.50. The predicted molar refractivity (Wildman–Crippen MR) is 123 cm³/mol. The van der Waals surface area contributed by atoms with Gasteiger partial charge in [0.15, 0.2) is 5.69 Å². The van der Waals surface area contributed by atoms with Gasteiger partial charge in [-0.1, -0.05) is 37.6 Å². The highest BCUT2D eigenvalue weighted by molar-refractivity contribution is 6.30. The van der Waals surface area contributed by atoms with Crippen LogP contribution >= 0.6 is 11.6 Å². The molecular formula is C21H30ClN5O4. The van der Waals surface area contributed by atoms with Gasteiger partial charge in [0.1, 0.15) is 5.82 Å². The normalized spacial score (nSPS) is 12.2. The minimum absolute atomic E-state index is 0.0465. The Morgan fingerprint density at radius 2 is 2.03 bits per heavy atom. The third-order valence-electron chi connectivity index (χ3n) is 4.76. The summed E-state index contributed by atoms with van der Waals surface area (Å²) in [6, 6.07) is 7.17. The van der Waals surface area contributed by atoms with Gasteiger partial charge >= 0.3 is 5.69 Å². The van der Waals surface area contributed by atoms with E-state index in [9.17, 15) is 14.4 Å². The second kappa shape index (κ2) is 11.1. The lowest BCUT2D eigenvalue weighted by molar-refractivity contribution is -0.118. The van der Waals surface area contributed by atoms with Crippen LogP contribution in [0.1, 0.15) is 32.4 Å². The van der Waals surface area contributed by atoms with Gasteiger partial charge in [-0.2, -0.15) is 0 Å². The molecular weight excluding hydrogens is 422 g/mol. The molecule has 170 valence electrons. The van der Waals surface area contributed by atoms with Crippen molar-refractivity contribution in [1.82, 2.24) is 14.9 Å². The molecule has 0 aliphatic rings. The van der Waals surface area contributed by atoms with Gasteiger partial charge < -0.3 is 20.7 Å². The van der Waals surface area contributed by atoms with Crippen LogP contribution in [0.3, 0.4) is 0 Å². The number of methoxy groups -OCH3 is 1. The lowest BCUT2D eigenvalue weighted by Gasteiger charge is -2.25. The van der Waals surface area contributed by atoms with E-state index >= 15 is 0 Å². The van der Waals surface area contributed by atoms with Crippen molar-refractivity contribution in [3.8, 4) is 0 Å². The van der Waals surface area contributed by atoms with Gasteiger partial charge in [0.05, 0.1) is 13.2 Å². The van der Waals surface area contributed by atoms with Crippen molar-refractivity contribution in [2.75, 3.05) is 37.4 Å². The van der Waals surface area contributed by atoms with E-state index in [4.69, 9.17) is 22.1 Å². The van der Waals surface area contributed by atoms with Crippen molar-refractivity contribution in [1.29, 1.82) is 0 Å². The Bertz CT molecular complexity index is 1020. The van der Waals surface area contributed by atoms with Crippen LogP contribution in [-0.2, 0) is 16.1 Å². The van der Waals surface area contributed by atoms with E-state index in [0.717, 1.165) is 5.56 Å². The molecule has 0 aliphatic heterocycles. The molecule has 0 aliphatic carbocycles. The number of amides is 1. The first kappa shape index (κ1) is 24.6. The van der Waals surface area contributed by atoms with Crippen molar-refractivity contribution < 1.29 is 9.53 Å². The molecule has 0 saturated heterocycles. The quantitative estimate of drug-likeness (QED) is 0.506. The van der Waals surface area contributed by atoms with Crippen molar-refractivity contribution in [3.05, 3.63) is 55.7 Å². The lowest BCUT2D eigenvalue weighted by Crippen LogP contribution is -2.46. The summed E-state index contributed by atoms with van der Waals surface area (Å²) in [6.45, 7) is 6.30. The Kier molecular flexibility index (Phi) is 8.85. The van der Waals surface area contributed by atoms with E-state index in [1.54, 1.807) is 6.07 Å². The standard InChI is InChI=1S/C21H30ClN5O4/c1-13(2)12-27-19(23)18(20(29)25-21(27)30)26(8-9-31-4)17(28)11-24-14(3)15-6-5-7-16(22)10-15/h5-7,10,13-14,24H,8-9,11-12,23H2,1-4H3,(H,25,29,30)/t14-/m0/s1. The molecule has 0 radical (unpaired) electrons. The van der Waals surface area contributed by atoms with Crippen LogP contribution in [0.25, 0.3) is 0 Å². The minimum Gasteiger partial charge on any atom is -0.383 e. The molecule has 1 aromatic carbocycles. The van der Waals surface area contributed by atoms with E-state index < -0.39 is 11.2 Å². The Balaban J connectivity index is 2.31. The predicted octanol–water partition coefficient (Wildman–Crippen LogP) is 1.76.